The van der Waals surface area contributed by atoms with Gasteiger partial charge in [0.1, 0.15) is 22.5 Å². The molecule has 0 unspecified atom stereocenters. The van der Waals surface area contributed by atoms with Crippen LogP contribution >= 0.6 is 0 Å². The van der Waals surface area contributed by atoms with Crippen LogP contribution in [0.4, 0.5) is 34.1 Å². The Hall–Kier alpha value is -7.28. The monoisotopic (exact) mass is 1090 g/mol. The third-order valence-corrected chi connectivity index (χ3v) is 22.6. The molecular formula is C76H83BN2O2Si. The molecule has 0 atom stereocenters. The fourth-order valence-corrected chi connectivity index (χ4v) is 18.0. The molecule has 2 aliphatic heterocycles. The molecule has 0 amide bonds. The number of hydrogen-bond donors (Lipinski definition) is 0. The summed E-state index contributed by atoms with van der Waals surface area (Å²) in [5, 5.41) is 7.49. The van der Waals surface area contributed by atoms with Gasteiger partial charge in [0.15, 0.2) is 8.07 Å². The summed E-state index contributed by atoms with van der Waals surface area (Å²) in [5.41, 5.74) is 18.1. The van der Waals surface area contributed by atoms with Crippen molar-refractivity contribution in [2.24, 2.45) is 0 Å². The SMILES string of the molecule is CC(C)(C)c1ccc(N2c3cc([Si](c4ccccc4)(c4ccccc4)c4ccccc4)cc4c3B(c3oc5c(C(C)(C)C)cc(C(C)(C)C)cc5c32)c2oc3c(C(C)(C)C)cc(C(C)(C)C)cc3c2N4c2ccc(C(C)(C)C)cc2)cc1. The molecule has 10 aromatic rings. The Kier molecular flexibility index (Phi) is 12.7. The summed E-state index contributed by atoms with van der Waals surface area (Å²) < 4.78 is 15.8. The quantitative estimate of drug-likeness (QED) is 0.123. The molecule has 2 aromatic heterocycles. The maximum Gasteiger partial charge on any atom is 0.342 e. The molecule has 12 rings (SSSR count). The molecule has 0 N–H and O–H groups in total. The highest BCUT2D eigenvalue weighted by molar-refractivity contribution is 7.20. The molecule has 6 heteroatoms. The number of fused-ring (bicyclic) bond motifs is 8. The van der Waals surface area contributed by atoms with E-state index in [9.17, 15) is 0 Å². The van der Waals surface area contributed by atoms with E-state index in [-0.39, 0.29) is 32.5 Å². The number of furan rings is 2. The average Bonchev–Trinajstić information content (AvgIpc) is 3.87. The zero-order valence-corrected chi connectivity index (χ0v) is 53.0. The van der Waals surface area contributed by atoms with Crippen molar-refractivity contribution in [1.29, 1.82) is 0 Å². The van der Waals surface area contributed by atoms with Gasteiger partial charge in [0.05, 0.1) is 11.4 Å². The molecule has 0 spiro atoms. The van der Waals surface area contributed by atoms with Gasteiger partial charge < -0.3 is 18.6 Å². The topological polar surface area (TPSA) is 32.8 Å². The molecule has 0 radical (unpaired) electrons. The smallest absolute Gasteiger partial charge is 0.342 e. The second-order valence-electron chi connectivity index (χ2n) is 29.9. The predicted octanol–water partition coefficient (Wildman–Crippen LogP) is 16.4. The van der Waals surface area contributed by atoms with Gasteiger partial charge in [0, 0.05) is 44.6 Å². The average molecular weight is 1100 g/mol. The Morgan fingerprint density at radius 3 is 0.939 bits per heavy atom. The van der Waals surface area contributed by atoms with Crippen molar-refractivity contribution in [2.75, 3.05) is 9.80 Å². The van der Waals surface area contributed by atoms with Gasteiger partial charge in [0.2, 0.25) is 0 Å². The second kappa shape index (κ2) is 18.9. The van der Waals surface area contributed by atoms with Crippen molar-refractivity contribution in [3.63, 3.8) is 0 Å². The van der Waals surface area contributed by atoms with E-state index >= 15 is 0 Å². The van der Waals surface area contributed by atoms with Crippen LogP contribution in [0.2, 0.25) is 0 Å². The molecule has 0 fully saturated rings. The van der Waals surface area contributed by atoms with E-state index in [2.05, 4.69) is 310 Å². The van der Waals surface area contributed by atoms with Crippen molar-refractivity contribution < 1.29 is 8.83 Å². The normalized spacial score (nSPS) is 14.1. The van der Waals surface area contributed by atoms with Crippen LogP contribution in [0, 0.1) is 0 Å². The molecule has 4 nitrogen and oxygen atoms in total. The van der Waals surface area contributed by atoms with Crippen LogP contribution in [0.5, 0.6) is 0 Å². The minimum atomic E-state index is -3.23. The third kappa shape index (κ3) is 8.93. The highest BCUT2D eigenvalue weighted by Gasteiger charge is 2.53. The molecule has 0 bridgehead atoms. The number of benzene rings is 8. The van der Waals surface area contributed by atoms with Crippen LogP contribution in [0.15, 0.2) is 185 Å². The molecule has 0 aliphatic carbocycles. The van der Waals surface area contributed by atoms with E-state index in [1.807, 2.05) is 0 Å². The van der Waals surface area contributed by atoms with Gasteiger partial charge in [-0.05, 0) is 129 Å². The standard InChI is InChI=1S/C76H83BN2O2Si/c1-71(2,3)48-34-38-52(39-35-48)78-62-46-57(82(54-28-22-19-23-29-54,55-30-24-20-25-31-55)56-32-26-21-27-33-56)47-63-64(62)77(69-65(78)58-42-50(73(7,8)9)44-60(67(58)80-69)75(13,14)15)70-66(79(63)53-40-36-49(37-41-53)72(4,5)6)59-43-51(74(10,11)12)45-61(68(59)81-70)76(16,17)18/h19-47H,1-18H3. The second-order valence-corrected chi connectivity index (χ2v) is 33.7. The zero-order valence-electron chi connectivity index (χ0n) is 52.0. The highest BCUT2D eigenvalue weighted by atomic mass is 28.3. The molecule has 2 aliphatic rings. The minimum absolute atomic E-state index is 0.0485. The lowest BCUT2D eigenvalue weighted by atomic mass is 9.37. The molecule has 0 saturated carbocycles. The van der Waals surface area contributed by atoms with Gasteiger partial charge in [0.25, 0.3) is 0 Å². The van der Waals surface area contributed by atoms with E-state index in [0.717, 1.165) is 67.4 Å². The summed E-state index contributed by atoms with van der Waals surface area (Å²) >= 11 is 0. The Labute approximate surface area is 490 Å². The van der Waals surface area contributed by atoms with E-state index < -0.39 is 14.8 Å². The van der Waals surface area contributed by atoms with E-state index in [4.69, 9.17) is 8.83 Å². The Morgan fingerprint density at radius 1 is 0.329 bits per heavy atom. The fourth-order valence-electron chi connectivity index (χ4n) is 13.2. The molecular weight excluding hydrogens is 1010 g/mol. The Morgan fingerprint density at radius 2 is 0.646 bits per heavy atom. The minimum Gasteiger partial charge on any atom is -0.468 e. The fraction of sp³-hybridized carbons (Fsp3) is 0.316. The van der Waals surface area contributed by atoms with Crippen molar-refractivity contribution in [3.05, 3.63) is 209 Å². The van der Waals surface area contributed by atoms with Crippen molar-refractivity contribution >= 4 is 108 Å². The maximum atomic E-state index is 7.91. The predicted molar refractivity (Wildman–Crippen MR) is 356 cm³/mol. The van der Waals surface area contributed by atoms with Gasteiger partial charge in [-0.15, -0.1) is 0 Å². The van der Waals surface area contributed by atoms with Gasteiger partial charge in [-0.2, -0.15) is 0 Å². The van der Waals surface area contributed by atoms with Crippen molar-refractivity contribution in [2.45, 2.75) is 157 Å². The number of nitrogens with zero attached hydrogens (tertiary/aromatic N) is 2. The molecule has 82 heavy (non-hydrogen) atoms. The highest BCUT2D eigenvalue weighted by Crippen LogP contribution is 2.52. The first kappa shape index (κ1) is 55.3. The van der Waals surface area contributed by atoms with Crippen molar-refractivity contribution in [1.82, 2.24) is 0 Å². The largest absolute Gasteiger partial charge is 0.468 e. The van der Waals surface area contributed by atoms with Crippen LogP contribution in [-0.2, 0) is 32.5 Å². The summed E-state index contributed by atoms with van der Waals surface area (Å²) in [4.78, 5) is 5.19. The van der Waals surface area contributed by atoms with E-state index in [1.54, 1.807) is 0 Å². The van der Waals surface area contributed by atoms with Gasteiger partial charge in [-0.1, -0.05) is 252 Å². The molecule has 8 aromatic carbocycles. The third-order valence-electron chi connectivity index (χ3n) is 17.8. The Bertz CT molecular complexity index is 3770. The van der Waals surface area contributed by atoms with Crippen LogP contribution in [0.25, 0.3) is 21.9 Å². The lowest BCUT2D eigenvalue weighted by Gasteiger charge is -2.43. The summed E-state index contributed by atoms with van der Waals surface area (Å²) in [6.45, 7) is 41.5. The van der Waals surface area contributed by atoms with E-state index in [1.165, 1.54) is 59.6 Å². The summed E-state index contributed by atoms with van der Waals surface area (Å²) in [6.07, 6.45) is 0. The zero-order chi connectivity index (χ0) is 58.4. The van der Waals surface area contributed by atoms with Gasteiger partial charge >= 0.3 is 6.71 Å². The first-order valence-electron chi connectivity index (χ1n) is 29.9. The Balaban J connectivity index is 1.35. The molecule has 416 valence electrons. The lowest BCUT2D eigenvalue weighted by molar-refractivity contribution is 0.555. The lowest BCUT2D eigenvalue weighted by Crippen LogP contribution is -2.75. The number of hydrogen-bond acceptors (Lipinski definition) is 4. The van der Waals surface area contributed by atoms with Gasteiger partial charge in [-0.3, -0.25) is 0 Å². The summed E-state index contributed by atoms with van der Waals surface area (Å²) in [7, 11) is -3.23. The van der Waals surface area contributed by atoms with Crippen LogP contribution in [-0.4, -0.2) is 14.8 Å². The number of anilines is 6. The molecule has 0 saturated heterocycles. The summed E-state index contributed by atoms with van der Waals surface area (Å²) in [5.74, 6) is 0. The van der Waals surface area contributed by atoms with E-state index in [0.29, 0.717) is 0 Å². The van der Waals surface area contributed by atoms with Crippen molar-refractivity contribution in [3.8, 4) is 0 Å². The molecule has 4 heterocycles. The maximum absolute atomic E-state index is 7.91. The number of rotatable bonds is 6. The van der Waals surface area contributed by atoms with Gasteiger partial charge in [-0.25, -0.2) is 0 Å². The summed E-state index contributed by atoms with van der Waals surface area (Å²) in [6, 6.07) is 68.0. The first-order chi connectivity index (χ1) is 38.5. The first-order valence-corrected chi connectivity index (χ1v) is 31.9. The van der Waals surface area contributed by atoms with Crippen LogP contribution in [0.3, 0.4) is 0 Å². The van der Waals surface area contributed by atoms with Crippen LogP contribution in [0.1, 0.15) is 158 Å². The van der Waals surface area contributed by atoms with Crippen LogP contribution < -0.4 is 47.3 Å².